The summed E-state index contributed by atoms with van der Waals surface area (Å²) in [5.74, 6) is -2.05. The van der Waals surface area contributed by atoms with Gasteiger partial charge in [0.1, 0.15) is 5.69 Å². The molecular weight excluding hydrogens is 242 g/mol. The first kappa shape index (κ1) is 12.8. The van der Waals surface area contributed by atoms with Crippen molar-refractivity contribution in [2.75, 3.05) is 36.5 Å². The summed E-state index contributed by atoms with van der Waals surface area (Å²) >= 11 is 0. The third-order valence-corrected chi connectivity index (χ3v) is 2.70. The minimum absolute atomic E-state index is 0.403. The lowest BCUT2D eigenvalue weighted by Gasteiger charge is -2.29. The van der Waals surface area contributed by atoms with Crippen molar-refractivity contribution in [3.63, 3.8) is 0 Å². The molecule has 1 aliphatic rings. The molecule has 0 radical (unpaired) electrons. The van der Waals surface area contributed by atoms with Gasteiger partial charge in [-0.2, -0.15) is 0 Å². The summed E-state index contributed by atoms with van der Waals surface area (Å²) < 4.78 is 32.6. The Morgan fingerprint density at radius 2 is 1.83 bits per heavy atom. The van der Waals surface area contributed by atoms with Gasteiger partial charge in [-0.25, -0.2) is 8.78 Å². The van der Waals surface area contributed by atoms with Crippen molar-refractivity contribution in [2.24, 2.45) is 0 Å². The predicted molar refractivity (Wildman–Crippen MR) is 63.7 cm³/mol. The van der Waals surface area contributed by atoms with Crippen LogP contribution in [-0.4, -0.2) is 32.2 Å². The van der Waals surface area contributed by atoms with Crippen LogP contribution in [0.15, 0.2) is 12.1 Å². The second-order valence-corrected chi connectivity index (χ2v) is 4.07. The summed E-state index contributed by atoms with van der Waals surface area (Å²) in [6, 6.07) is 2.44. The monoisotopic (exact) mass is 256 g/mol. The van der Waals surface area contributed by atoms with Gasteiger partial charge in [0.15, 0.2) is 11.6 Å². The first-order chi connectivity index (χ1) is 8.58. The molecule has 0 atom stereocenters. The average Bonchev–Trinajstić information content (AvgIpc) is 2.34. The molecule has 1 aliphatic heterocycles. The van der Waals surface area contributed by atoms with E-state index in [9.17, 15) is 13.6 Å². The zero-order valence-electron chi connectivity index (χ0n) is 10.0. The number of morpholine rings is 1. The maximum Gasteiger partial charge on any atom is 0.221 e. The van der Waals surface area contributed by atoms with Gasteiger partial charge in [0.25, 0.3) is 0 Å². The van der Waals surface area contributed by atoms with Crippen molar-refractivity contribution in [1.82, 2.24) is 0 Å². The lowest BCUT2D eigenvalue weighted by Crippen LogP contribution is -2.36. The molecule has 0 bridgehead atoms. The van der Waals surface area contributed by atoms with Gasteiger partial charge in [-0.05, 0) is 12.1 Å². The smallest absolute Gasteiger partial charge is 0.221 e. The summed E-state index contributed by atoms with van der Waals surface area (Å²) in [6.45, 7) is 3.47. The van der Waals surface area contributed by atoms with Gasteiger partial charge in [-0.1, -0.05) is 0 Å². The molecule has 1 amide bonds. The van der Waals surface area contributed by atoms with Gasteiger partial charge in [0, 0.05) is 25.7 Å². The third kappa shape index (κ3) is 2.76. The lowest BCUT2D eigenvalue weighted by atomic mass is 10.2. The van der Waals surface area contributed by atoms with Crippen molar-refractivity contribution in [3.05, 3.63) is 23.8 Å². The number of nitrogens with zero attached hydrogens (tertiary/aromatic N) is 1. The molecule has 2 rings (SSSR count). The molecule has 1 heterocycles. The first-order valence-electron chi connectivity index (χ1n) is 5.67. The normalized spacial score (nSPS) is 15.6. The van der Waals surface area contributed by atoms with Gasteiger partial charge in [-0.3, -0.25) is 4.79 Å². The molecule has 1 fully saturated rings. The van der Waals surface area contributed by atoms with E-state index in [2.05, 4.69) is 5.32 Å². The van der Waals surface area contributed by atoms with Crippen molar-refractivity contribution < 1.29 is 18.3 Å². The number of rotatable bonds is 2. The van der Waals surface area contributed by atoms with Gasteiger partial charge < -0.3 is 15.0 Å². The van der Waals surface area contributed by atoms with E-state index in [4.69, 9.17) is 4.74 Å². The highest BCUT2D eigenvalue weighted by Crippen LogP contribution is 2.26. The highest BCUT2D eigenvalue weighted by Gasteiger charge is 2.17. The minimum Gasteiger partial charge on any atom is -0.378 e. The predicted octanol–water partition coefficient (Wildman–Crippen LogP) is 1.76. The maximum atomic E-state index is 13.7. The number of ether oxygens (including phenoxy) is 1. The summed E-state index contributed by atoms with van der Waals surface area (Å²) in [6.07, 6.45) is 0. The van der Waals surface area contributed by atoms with Gasteiger partial charge in [0.05, 0.1) is 13.2 Å². The zero-order valence-corrected chi connectivity index (χ0v) is 10.0. The van der Waals surface area contributed by atoms with Crippen LogP contribution in [0.3, 0.4) is 0 Å². The second kappa shape index (κ2) is 5.30. The summed E-state index contributed by atoms with van der Waals surface area (Å²) in [7, 11) is 0. The Bertz CT molecular complexity index is 436. The Morgan fingerprint density at radius 1 is 1.28 bits per heavy atom. The Kier molecular flexibility index (Phi) is 3.76. The van der Waals surface area contributed by atoms with Crippen molar-refractivity contribution >= 4 is 17.3 Å². The molecule has 1 N–H and O–H groups in total. The maximum absolute atomic E-state index is 13.7. The topological polar surface area (TPSA) is 41.6 Å². The van der Waals surface area contributed by atoms with Crippen LogP contribution < -0.4 is 10.2 Å². The van der Waals surface area contributed by atoms with E-state index in [0.29, 0.717) is 32.0 Å². The van der Waals surface area contributed by atoms with E-state index in [1.165, 1.54) is 19.1 Å². The fourth-order valence-electron chi connectivity index (χ4n) is 1.86. The van der Waals surface area contributed by atoms with Crippen LogP contribution in [-0.2, 0) is 9.53 Å². The number of hydrogen-bond donors (Lipinski definition) is 1. The number of carbonyl (C=O) groups is 1. The second-order valence-electron chi connectivity index (χ2n) is 4.07. The summed E-state index contributed by atoms with van der Waals surface area (Å²) in [4.78, 5) is 12.7. The highest BCUT2D eigenvalue weighted by molar-refractivity contribution is 5.89. The first-order valence-corrected chi connectivity index (χ1v) is 5.67. The van der Waals surface area contributed by atoms with E-state index in [0.717, 1.165) is 0 Å². The standard InChI is InChI=1S/C12H14F2N2O2/c1-8(17)15-12-10(13)6-9(7-11(12)14)16-2-4-18-5-3-16/h6-7H,2-5H2,1H3,(H,15,17). The van der Waals surface area contributed by atoms with Crippen molar-refractivity contribution in [1.29, 1.82) is 0 Å². The Morgan fingerprint density at radius 3 is 2.33 bits per heavy atom. The molecule has 1 saturated heterocycles. The fraction of sp³-hybridized carbons (Fsp3) is 0.417. The zero-order chi connectivity index (χ0) is 13.1. The van der Waals surface area contributed by atoms with Crippen LogP contribution in [0.2, 0.25) is 0 Å². The Labute approximate surface area is 104 Å². The van der Waals surface area contributed by atoms with Gasteiger partial charge in [-0.15, -0.1) is 0 Å². The van der Waals surface area contributed by atoms with Crippen LogP contribution in [0, 0.1) is 11.6 Å². The van der Waals surface area contributed by atoms with Crippen LogP contribution >= 0.6 is 0 Å². The quantitative estimate of drug-likeness (QED) is 0.876. The molecule has 18 heavy (non-hydrogen) atoms. The number of carbonyl (C=O) groups excluding carboxylic acids is 1. The molecule has 98 valence electrons. The molecule has 0 unspecified atom stereocenters. The summed E-state index contributed by atoms with van der Waals surface area (Å²) in [5.41, 5.74) is 0.0573. The third-order valence-electron chi connectivity index (χ3n) is 2.70. The number of halogens is 2. The molecule has 0 aromatic heterocycles. The molecule has 1 aromatic rings. The molecule has 0 saturated carbocycles. The number of amides is 1. The van der Waals surface area contributed by atoms with E-state index in [-0.39, 0.29) is 0 Å². The van der Waals surface area contributed by atoms with E-state index >= 15 is 0 Å². The van der Waals surface area contributed by atoms with Crippen LogP contribution in [0.25, 0.3) is 0 Å². The minimum atomic E-state index is -0.772. The number of benzene rings is 1. The van der Waals surface area contributed by atoms with Crippen LogP contribution in [0.4, 0.5) is 20.2 Å². The summed E-state index contributed by atoms with van der Waals surface area (Å²) in [5, 5.41) is 2.14. The largest absolute Gasteiger partial charge is 0.378 e. The van der Waals surface area contributed by atoms with Crippen molar-refractivity contribution in [3.8, 4) is 0 Å². The van der Waals surface area contributed by atoms with E-state index < -0.39 is 23.2 Å². The Hall–Kier alpha value is -1.69. The van der Waals surface area contributed by atoms with Crippen molar-refractivity contribution in [2.45, 2.75) is 6.92 Å². The SMILES string of the molecule is CC(=O)Nc1c(F)cc(N2CCOCC2)cc1F. The van der Waals surface area contributed by atoms with Gasteiger partial charge in [0.2, 0.25) is 5.91 Å². The van der Waals surface area contributed by atoms with E-state index in [1.807, 2.05) is 4.90 Å². The fourth-order valence-corrected chi connectivity index (χ4v) is 1.86. The number of nitrogens with one attached hydrogen (secondary N) is 1. The van der Waals surface area contributed by atoms with Gasteiger partial charge >= 0.3 is 0 Å². The molecule has 0 spiro atoms. The molecule has 6 heteroatoms. The number of hydrogen-bond acceptors (Lipinski definition) is 3. The van der Waals surface area contributed by atoms with Crippen LogP contribution in [0.1, 0.15) is 6.92 Å². The molecule has 0 aliphatic carbocycles. The highest BCUT2D eigenvalue weighted by atomic mass is 19.1. The molecular formula is C12H14F2N2O2. The molecule has 4 nitrogen and oxygen atoms in total. The van der Waals surface area contributed by atoms with E-state index in [1.54, 1.807) is 0 Å². The van der Waals surface area contributed by atoms with Crippen LogP contribution in [0.5, 0.6) is 0 Å². The average molecular weight is 256 g/mol. The molecule has 1 aromatic carbocycles. The Balaban J connectivity index is 2.26. The number of anilines is 2. The lowest BCUT2D eigenvalue weighted by molar-refractivity contribution is -0.114.